The molecule has 2 aliphatic rings. The van der Waals surface area contributed by atoms with E-state index in [4.69, 9.17) is 4.42 Å². The normalized spacial score (nSPS) is 17.9. The van der Waals surface area contributed by atoms with Crippen LogP contribution in [0.15, 0.2) is 65.5 Å². The number of nitrogens with one attached hydrogen (secondary N) is 1. The molecule has 1 saturated heterocycles. The molecular weight excluding hydrogens is 420 g/mol. The largest absolute Gasteiger partial charge is 0.467 e. The van der Waals surface area contributed by atoms with E-state index < -0.39 is 0 Å². The first kappa shape index (κ1) is 20.9. The number of piperidine rings is 1. The topological polar surface area (TPSA) is 95.8 Å². The number of carbonyl (C=O) groups is 3. The van der Waals surface area contributed by atoms with E-state index >= 15 is 0 Å². The Morgan fingerprint density at radius 3 is 2.73 bits per heavy atom. The van der Waals surface area contributed by atoms with Crippen molar-refractivity contribution in [1.82, 2.24) is 15.2 Å². The zero-order chi connectivity index (χ0) is 22.8. The summed E-state index contributed by atoms with van der Waals surface area (Å²) in [6, 6.07) is 12.6. The van der Waals surface area contributed by atoms with E-state index in [-0.39, 0.29) is 30.2 Å². The van der Waals surface area contributed by atoms with Gasteiger partial charge in [0.15, 0.2) is 0 Å². The Bertz CT molecular complexity index is 1180. The van der Waals surface area contributed by atoms with Crippen LogP contribution in [0.3, 0.4) is 0 Å². The third kappa shape index (κ3) is 4.11. The highest BCUT2D eigenvalue weighted by Crippen LogP contribution is 2.34. The Labute approximate surface area is 191 Å². The first-order valence-electron chi connectivity index (χ1n) is 11.0. The van der Waals surface area contributed by atoms with Gasteiger partial charge in [-0.1, -0.05) is 6.07 Å². The summed E-state index contributed by atoms with van der Waals surface area (Å²) in [5, 5.41) is 2.94. The minimum absolute atomic E-state index is 0.0367. The summed E-state index contributed by atoms with van der Waals surface area (Å²) in [5.74, 6) is -0.129. The molecule has 2 aromatic heterocycles. The predicted molar refractivity (Wildman–Crippen MR) is 120 cm³/mol. The van der Waals surface area contributed by atoms with Gasteiger partial charge in [0.2, 0.25) is 5.91 Å². The SMILES string of the molecule is O=C(NCc1ccco1)[C@H]1CCCN(c2cccc3c2C(=O)N(Cc2ccncc2)C3=O)C1. The summed E-state index contributed by atoms with van der Waals surface area (Å²) in [7, 11) is 0. The van der Waals surface area contributed by atoms with Gasteiger partial charge in [0.05, 0.1) is 42.1 Å². The summed E-state index contributed by atoms with van der Waals surface area (Å²) in [6.45, 7) is 1.77. The second-order valence-corrected chi connectivity index (χ2v) is 8.33. The van der Waals surface area contributed by atoms with Crippen LogP contribution in [0.1, 0.15) is 44.9 Å². The van der Waals surface area contributed by atoms with E-state index in [1.807, 2.05) is 12.1 Å². The molecular formula is C25H24N4O4. The average molecular weight is 444 g/mol. The fraction of sp³-hybridized carbons (Fsp3) is 0.280. The summed E-state index contributed by atoms with van der Waals surface area (Å²) in [4.78, 5) is 46.4. The molecule has 1 N–H and O–H groups in total. The van der Waals surface area contributed by atoms with Crippen molar-refractivity contribution in [1.29, 1.82) is 0 Å². The Morgan fingerprint density at radius 2 is 1.94 bits per heavy atom. The molecule has 0 bridgehead atoms. The van der Waals surface area contributed by atoms with Gasteiger partial charge in [0.25, 0.3) is 11.8 Å². The van der Waals surface area contributed by atoms with Crippen LogP contribution in [0.5, 0.6) is 0 Å². The van der Waals surface area contributed by atoms with Gasteiger partial charge in [0.1, 0.15) is 5.76 Å². The number of hydrogen-bond donors (Lipinski definition) is 1. The minimum Gasteiger partial charge on any atom is -0.467 e. The number of nitrogens with zero attached hydrogens (tertiary/aromatic N) is 3. The number of hydrogen-bond acceptors (Lipinski definition) is 6. The molecule has 0 unspecified atom stereocenters. The Hall–Kier alpha value is -3.94. The molecule has 168 valence electrons. The molecule has 0 radical (unpaired) electrons. The highest BCUT2D eigenvalue weighted by molar-refractivity contribution is 6.23. The van der Waals surface area contributed by atoms with E-state index in [9.17, 15) is 14.4 Å². The molecule has 1 fully saturated rings. The molecule has 0 saturated carbocycles. The second kappa shape index (κ2) is 8.90. The molecule has 0 spiro atoms. The van der Waals surface area contributed by atoms with Gasteiger partial charge in [-0.15, -0.1) is 0 Å². The van der Waals surface area contributed by atoms with Crippen molar-refractivity contribution in [3.05, 3.63) is 83.6 Å². The zero-order valence-corrected chi connectivity index (χ0v) is 18.1. The molecule has 3 amide bonds. The number of furan rings is 1. The molecule has 8 heteroatoms. The maximum absolute atomic E-state index is 13.3. The maximum atomic E-state index is 13.3. The van der Waals surface area contributed by atoms with Crippen LogP contribution in [0.2, 0.25) is 0 Å². The van der Waals surface area contributed by atoms with E-state index in [2.05, 4.69) is 15.2 Å². The van der Waals surface area contributed by atoms with Crippen LogP contribution in [0.25, 0.3) is 0 Å². The number of pyridine rings is 1. The highest BCUT2D eigenvalue weighted by atomic mass is 16.3. The average Bonchev–Trinajstić information content (AvgIpc) is 3.46. The third-order valence-electron chi connectivity index (χ3n) is 6.22. The van der Waals surface area contributed by atoms with Gasteiger partial charge in [-0.05, 0) is 54.8 Å². The van der Waals surface area contributed by atoms with Crippen LogP contribution >= 0.6 is 0 Å². The Balaban J connectivity index is 1.33. The molecule has 8 nitrogen and oxygen atoms in total. The lowest BCUT2D eigenvalue weighted by Crippen LogP contribution is -2.43. The Morgan fingerprint density at radius 1 is 1.09 bits per heavy atom. The van der Waals surface area contributed by atoms with E-state index in [0.717, 1.165) is 24.9 Å². The first-order chi connectivity index (χ1) is 16.1. The number of imide groups is 1. The lowest BCUT2D eigenvalue weighted by atomic mass is 9.95. The summed E-state index contributed by atoms with van der Waals surface area (Å²) in [6.07, 6.45) is 6.46. The summed E-state index contributed by atoms with van der Waals surface area (Å²) in [5.41, 5.74) is 2.39. The Kier molecular flexibility index (Phi) is 5.64. The number of fused-ring (bicyclic) bond motifs is 1. The van der Waals surface area contributed by atoms with Crippen LogP contribution in [0.4, 0.5) is 5.69 Å². The van der Waals surface area contributed by atoms with Crippen molar-refractivity contribution in [3.8, 4) is 0 Å². The van der Waals surface area contributed by atoms with Crippen molar-refractivity contribution in [3.63, 3.8) is 0 Å². The number of amides is 3. The van der Waals surface area contributed by atoms with Gasteiger partial charge < -0.3 is 14.6 Å². The lowest BCUT2D eigenvalue weighted by Gasteiger charge is -2.34. The van der Waals surface area contributed by atoms with Crippen LogP contribution in [0, 0.1) is 5.92 Å². The standard InChI is InChI=1S/C25H24N4O4/c30-23(27-14-19-5-3-13-33-19)18-4-2-12-28(16-18)21-7-1-6-20-22(21)25(32)29(24(20)31)15-17-8-10-26-11-9-17/h1,3,5-11,13,18H,2,4,12,14-16H2,(H,27,30)/t18-/m0/s1. The fourth-order valence-electron chi connectivity index (χ4n) is 4.54. The number of anilines is 1. The fourth-order valence-corrected chi connectivity index (χ4v) is 4.54. The quantitative estimate of drug-likeness (QED) is 0.588. The second-order valence-electron chi connectivity index (χ2n) is 8.33. The number of carbonyl (C=O) groups excluding carboxylic acids is 3. The van der Waals surface area contributed by atoms with Crippen molar-refractivity contribution < 1.29 is 18.8 Å². The van der Waals surface area contributed by atoms with Gasteiger partial charge in [-0.2, -0.15) is 0 Å². The maximum Gasteiger partial charge on any atom is 0.263 e. The van der Waals surface area contributed by atoms with Gasteiger partial charge >= 0.3 is 0 Å². The van der Waals surface area contributed by atoms with E-state index in [0.29, 0.717) is 35.7 Å². The van der Waals surface area contributed by atoms with Crippen molar-refractivity contribution >= 4 is 23.4 Å². The van der Waals surface area contributed by atoms with Crippen LogP contribution < -0.4 is 10.2 Å². The summed E-state index contributed by atoms with van der Waals surface area (Å²) >= 11 is 0. The molecule has 3 aromatic rings. The lowest BCUT2D eigenvalue weighted by molar-refractivity contribution is -0.125. The summed E-state index contributed by atoms with van der Waals surface area (Å²) < 4.78 is 5.28. The van der Waals surface area contributed by atoms with Crippen LogP contribution in [-0.4, -0.2) is 40.7 Å². The number of rotatable bonds is 6. The molecule has 2 aliphatic heterocycles. The van der Waals surface area contributed by atoms with E-state index in [1.165, 1.54) is 4.90 Å². The number of benzene rings is 1. The first-order valence-corrected chi connectivity index (χ1v) is 11.0. The minimum atomic E-state index is -0.299. The molecule has 4 heterocycles. The van der Waals surface area contributed by atoms with Crippen molar-refractivity contribution in [2.24, 2.45) is 5.92 Å². The predicted octanol–water partition coefficient (Wildman–Crippen LogP) is 3.00. The van der Waals surface area contributed by atoms with Crippen molar-refractivity contribution in [2.45, 2.75) is 25.9 Å². The highest BCUT2D eigenvalue weighted by Gasteiger charge is 2.39. The smallest absolute Gasteiger partial charge is 0.263 e. The monoisotopic (exact) mass is 444 g/mol. The number of aromatic nitrogens is 1. The van der Waals surface area contributed by atoms with Gasteiger partial charge in [-0.25, -0.2) is 0 Å². The molecule has 33 heavy (non-hydrogen) atoms. The molecule has 1 aromatic carbocycles. The third-order valence-corrected chi connectivity index (χ3v) is 6.22. The van der Waals surface area contributed by atoms with E-state index in [1.54, 1.807) is 49.0 Å². The van der Waals surface area contributed by atoms with Gasteiger partial charge in [0, 0.05) is 25.5 Å². The molecule has 5 rings (SSSR count). The zero-order valence-electron chi connectivity index (χ0n) is 18.1. The molecule has 0 aliphatic carbocycles. The molecule has 1 atom stereocenters. The van der Waals surface area contributed by atoms with Crippen molar-refractivity contribution in [2.75, 3.05) is 18.0 Å². The van der Waals surface area contributed by atoms with Crippen LogP contribution in [-0.2, 0) is 17.9 Å². The van der Waals surface area contributed by atoms with Gasteiger partial charge in [-0.3, -0.25) is 24.3 Å².